The van der Waals surface area contributed by atoms with E-state index in [0.29, 0.717) is 29.4 Å². The molecule has 0 radical (unpaired) electrons. The molecule has 0 amide bonds. The molecule has 0 saturated heterocycles. The van der Waals surface area contributed by atoms with Crippen molar-refractivity contribution in [1.29, 1.82) is 0 Å². The first-order valence-corrected chi connectivity index (χ1v) is 6.34. The summed E-state index contributed by atoms with van der Waals surface area (Å²) < 4.78 is 26.8. The third-order valence-corrected chi connectivity index (χ3v) is 3.09. The minimum Gasteiger partial charge on any atom is -0.383 e. The van der Waals surface area contributed by atoms with Crippen molar-refractivity contribution in [1.82, 2.24) is 9.97 Å². The highest BCUT2D eigenvalue weighted by Gasteiger charge is 2.14. The number of benzene rings is 1. The highest BCUT2D eigenvalue weighted by molar-refractivity contribution is 6.33. The van der Waals surface area contributed by atoms with Gasteiger partial charge in [-0.3, -0.25) is 0 Å². The predicted octanol–water partition coefficient (Wildman–Crippen LogP) is 3.60. The molecule has 0 unspecified atom stereocenters. The maximum Gasteiger partial charge on any atom is 0.151 e. The molecule has 106 valence electrons. The lowest BCUT2D eigenvalue weighted by Gasteiger charge is -2.13. The average Bonchev–Trinajstić information content (AvgIpc) is 2.38. The summed E-state index contributed by atoms with van der Waals surface area (Å²) >= 11 is 5.83. The van der Waals surface area contributed by atoms with Crippen LogP contribution in [0.3, 0.4) is 0 Å². The average molecular weight is 299 g/mol. The van der Waals surface area contributed by atoms with Crippen molar-refractivity contribution < 1.29 is 8.78 Å². The zero-order valence-corrected chi connectivity index (χ0v) is 11.7. The second-order valence-electron chi connectivity index (χ2n) is 4.22. The summed E-state index contributed by atoms with van der Waals surface area (Å²) in [7, 11) is 0. The quantitative estimate of drug-likeness (QED) is 0.908. The van der Waals surface area contributed by atoms with Crippen LogP contribution in [0.15, 0.2) is 12.1 Å². The number of anilines is 3. The molecule has 2 aromatic rings. The molecular weight excluding hydrogens is 286 g/mol. The second-order valence-corrected chi connectivity index (χ2v) is 4.63. The van der Waals surface area contributed by atoms with Gasteiger partial charge in [0.05, 0.1) is 10.7 Å². The molecule has 20 heavy (non-hydrogen) atoms. The number of nitrogen functional groups attached to an aromatic ring is 1. The summed E-state index contributed by atoms with van der Waals surface area (Å²) in [5.74, 6) is -0.371. The van der Waals surface area contributed by atoms with E-state index in [2.05, 4.69) is 15.3 Å². The number of hydrogen-bond donors (Lipinski definition) is 2. The first-order chi connectivity index (χ1) is 9.42. The highest BCUT2D eigenvalue weighted by atomic mass is 35.5. The van der Waals surface area contributed by atoms with Gasteiger partial charge < -0.3 is 11.1 Å². The Kier molecular flexibility index (Phi) is 4.04. The minimum atomic E-state index is -0.801. The van der Waals surface area contributed by atoms with Crippen molar-refractivity contribution in [3.05, 3.63) is 40.2 Å². The van der Waals surface area contributed by atoms with Crippen LogP contribution >= 0.6 is 11.6 Å². The Labute approximate surface area is 120 Å². The van der Waals surface area contributed by atoms with E-state index in [1.807, 2.05) is 6.92 Å². The Balaban J connectivity index is 2.47. The Morgan fingerprint density at radius 2 is 2.00 bits per heavy atom. The van der Waals surface area contributed by atoms with Crippen LogP contribution in [0.4, 0.5) is 26.1 Å². The SMILES string of the molecule is CCc1nc(N)c(C)c(Nc2c(F)cc(F)cc2Cl)n1. The van der Waals surface area contributed by atoms with Gasteiger partial charge >= 0.3 is 0 Å². The molecule has 1 aromatic carbocycles. The number of halogens is 3. The van der Waals surface area contributed by atoms with E-state index >= 15 is 0 Å². The molecule has 0 fully saturated rings. The van der Waals surface area contributed by atoms with Crippen molar-refractivity contribution in [2.75, 3.05) is 11.1 Å². The minimum absolute atomic E-state index is 0.0451. The van der Waals surface area contributed by atoms with E-state index < -0.39 is 11.6 Å². The molecule has 0 bridgehead atoms. The van der Waals surface area contributed by atoms with Crippen LogP contribution in [0.5, 0.6) is 0 Å². The summed E-state index contributed by atoms with van der Waals surface area (Å²) in [6, 6.07) is 1.77. The molecule has 0 aliphatic rings. The molecule has 7 heteroatoms. The van der Waals surface area contributed by atoms with Gasteiger partial charge in [-0.15, -0.1) is 0 Å². The molecule has 0 saturated carbocycles. The number of nitrogens with zero attached hydrogens (tertiary/aromatic N) is 2. The van der Waals surface area contributed by atoms with Gasteiger partial charge in [0.1, 0.15) is 23.3 Å². The smallest absolute Gasteiger partial charge is 0.151 e. The Morgan fingerprint density at radius 3 is 2.60 bits per heavy atom. The van der Waals surface area contributed by atoms with Crippen molar-refractivity contribution in [2.45, 2.75) is 20.3 Å². The van der Waals surface area contributed by atoms with Crippen LogP contribution in [0, 0.1) is 18.6 Å². The largest absolute Gasteiger partial charge is 0.383 e. The van der Waals surface area contributed by atoms with E-state index in [1.54, 1.807) is 6.92 Å². The van der Waals surface area contributed by atoms with E-state index in [9.17, 15) is 8.78 Å². The number of aromatic nitrogens is 2. The molecule has 0 aliphatic carbocycles. The zero-order chi connectivity index (χ0) is 14.9. The van der Waals surface area contributed by atoms with Gasteiger partial charge in [-0.25, -0.2) is 18.7 Å². The van der Waals surface area contributed by atoms with Gasteiger partial charge in [0.25, 0.3) is 0 Å². The van der Waals surface area contributed by atoms with Crippen LogP contribution in [0.25, 0.3) is 0 Å². The zero-order valence-electron chi connectivity index (χ0n) is 11.0. The molecule has 1 heterocycles. The van der Waals surface area contributed by atoms with Crippen molar-refractivity contribution >= 4 is 28.9 Å². The first-order valence-electron chi connectivity index (χ1n) is 5.97. The summed E-state index contributed by atoms with van der Waals surface area (Å²) in [5, 5.41) is 2.67. The molecule has 3 N–H and O–H groups in total. The molecule has 2 rings (SSSR count). The van der Waals surface area contributed by atoms with Crippen LogP contribution in [0.1, 0.15) is 18.3 Å². The van der Waals surface area contributed by atoms with E-state index in [1.165, 1.54) is 0 Å². The summed E-state index contributed by atoms with van der Waals surface area (Å²) in [6.45, 7) is 3.58. The molecular formula is C13H13ClF2N4. The van der Waals surface area contributed by atoms with Crippen LogP contribution in [0.2, 0.25) is 5.02 Å². The van der Waals surface area contributed by atoms with Gasteiger partial charge in [0, 0.05) is 18.1 Å². The fourth-order valence-corrected chi connectivity index (χ4v) is 1.88. The number of nitrogens with two attached hydrogens (primary N) is 1. The van der Waals surface area contributed by atoms with Crippen molar-refractivity contribution in [2.24, 2.45) is 0 Å². The Morgan fingerprint density at radius 1 is 1.30 bits per heavy atom. The van der Waals surface area contributed by atoms with E-state index in [4.69, 9.17) is 17.3 Å². The number of nitrogens with one attached hydrogen (secondary N) is 1. The number of hydrogen-bond acceptors (Lipinski definition) is 4. The summed E-state index contributed by atoms with van der Waals surface area (Å²) in [6.07, 6.45) is 0.582. The lowest BCUT2D eigenvalue weighted by Crippen LogP contribution is -2.07. The van der Waals surface area contributed by atoms with E-state index in [0.717, 1.165) is 12.1 Å². The standard InChI is InChI=1S/C13H13ClF2N4/c1-3-10-18-12(17)6(2)13(19-10)20-11-8(14)4-7(15)5-9(11)16/h4-5H,3H2,1-2H3,(H3,17,18,19,20). The molecule has 0 spiro atoms. The predicted molar refractivity (Wildman–Crippen MR) is 75.2 cm³/mol. The van der Waals surface area contributed by atoms with Gasteiger partial charge in [-0.2, -0.15) is 0 Å². The third-order valence-electron chi connectivity index (χ3n) is 2.80. The fraction of sp³-hybridized carbons (Fsp3) is 0.231. The second kappa shape index (κ2) is 5.58. The summed E-state index contributed by atoms with van der Waals surface area (Å²) in [5.41, 5.74) is 6.30. The Bertz CT molecular complexity index is 638. The number of aryl methyl sites for hydroxylation is 1. The van der Waals surface area contributed by atoms with E-state index in [-0.39, 0.29) is 10.7 Å². The third kappa shape index (κ3) is 2.80. The van der Waals surface area contributed by atoms with Crippen LogP contribution in [-0.2, 0) is 6.42 Å². The van der Waals surface area contributed by atoms with Gasteiger partial charge in [-0.1, -0.05) is 18.5 Å². The van der Waals surface area contributed by atoms with Gasteiger partial charge in [0.15, 0.2) is 5.82 Å². The molecule has 4 nitrogen and oxygen atoms in total. The lowest BCUT2D eigenvalue weighted by atomic mass is 10.2. The topological polar surface area (TPSA) is 63.8 Å². The lowest BCUT2D eigenvalue weighted by molar-refractivity contribution is 0.586. The first kappa shape index (κ1) is 14.5. The van der Waals surface area contributed by atoms with Crippen LogP contribution in [-0.4, -0.2) is 9.97 Å². The molecule has 0 aliphatic heterocycles. The number of rotatable bonds is 3. The summed E-state index contributed by atoms with van der Waals surface area (Å²) in [4.78, 5) is 8.32. The maximum atomic E-state index is 13.8. The molecule has 0 atom stereocenters. The molecule has 1 aromatic heterocycles. The fourth-order valence-electron chi connectivity index (χ4n) is 1.64. The monoisotopic (exact) mass is 298 g/mol. The van der Waals surface area contributed by atoms with Gasteiger partial charge in [0.2, 0.25) is 0 Å². The Hall–Kier alpha value is -1.95. The maximum absolute atomic E-state index is 13.8. The highest BCUT2D eigenvalue weighted by Crippen LogP contribution is 2.30. The van der Waals surface area contributed by atoms with Crippen molar-refractivity contribution in [3.8, 4) is 0 Å². The van der Waals surface area contributed by atoms with Crippen LogP contribution < -0.4 is 11.1 Å². The normalized spacial score (nSPS) is 10.7. The van der Waals surface area contributed by atoms with Gasteiger partial charge in [-0.05, 0) is 13.0 Å². The van der Waals surface area contributed by atoms with Crippen molar-refractivity contribution in [3.63, 3.8) is 0 Å².